The number of amides is 1. The van der Waals surface area contributed by atoms with E-state index in [2.05, 4.69) is 5.32 Å². The molecule has 0 unspecified atom stereocenters. The van der Waals surface area contributed by atoms with Crippen LogP contribution in [0.2, 0.25) is 0 Å². The Bertz CT molecular complexity index is 849. The summed E-state index contributed by atoms with van der Waals surface area (Å²) >= 11 is 0. The van der Waals surface area contributed by atoms with E-state index in [1.54, 1.807) is 44.6 Å². The molecule has 0 radical (unpaired) electrons. The predicted molar refractivity (Wildman–Crippen MR) is 103 cm³/mol. The van der Waals surface area contributed by atoms with Crippen molar-refractivity contribution in [1.29, 1.82) is 5.26 Å². The fourth-order valence-corrected chi connectivity index (χ4v) is 2.44. The van der Waals surface area contributed by atoms with Crippen LogP contribution in [0.4, 0.5) is 5.69 Å². The summed E-state index contributed by atoms with van der Waals surface area (Å²) in [6.07, 6.45) is -0.399. The van der Waals surface area contributed by atoms with E-state index in [-0.39, 0.29) is 6.42 Å². The molecular formula is C21H22N2O5. The Morgan fingerprint density at radius 1 is 1.07 bits per heavy atom. The summed E-state index contributed by atoms with van der Waals surface area (Å²) in [7, 11) is 3.11. The van der Waals surface area contributed by atoms with Gasteiger partial charge in [0.05, 0.1) is 25.9 Å². The Kier molecular flexibility index (Phi) is 7.40. The number of benzene rings is 2. The van der Waals surface area contributed by atoms with Crippen molar-refractivity contribution in [3.05, 3.63) is 53.6 Å². The first-order valence-electron chi connectivity index (χ1n) is 8.67. The van der Waals surface area contributed by atoms with E-state index < -0.39 is 18.0 Å². The zero-order valence-electron chi connectivity index (χ0n) is 16.0. The van der Waals surface area contributed by atoms with Crippen LogP contribution < -0.4 is 14.8 Å². The van der Waals surface area contributed by atoms with E-state index in [9.17, 15) is 9.59 Å². The van der Waals surface area contributed by atoms with Gasteiger partial charge >= 0.3 is 5.97 Å². The van der Waals surface area contributed by atoms with Gasteiger partial charge in [0.2, 0.25) is 0 Å². The molecule has 7 nitrogen and oxygen atoms in total. The Hall–Kier alpha value is -3.53. The lowest BCUT2D eigenvalue weighted by molar-refractivity contribution is -0.153. The quantitative estimate of drug-likeness (QED) is 0.705. The third-order valence-corrected chi connectivity index (χ3v) is 3.99. The van der Waals surface area contributed by atoms with Crippen LogP contribution in [0.25, 0.3) is 0 Å². The second-order valence-corrected chi connectivity index (χ2v) is 6.03. The summed E-state index contributed by atoms with van der Waals surface area (Å²) in [5.41, 5.74) is 1.88. The van der Waals surface area contributed by atoms with Crippen molar-refractivity contribution in [2.75, 3.05) is 19.5 Å². The first kappa shape index (κ1) is 20.8. The second kappa shape index (κ2) is 9.97. The molecule has 0 aliphatic rings. The molecule has 1 N–H and O–H groups in total. The van der Waals surface area contributed by atoms with Crippen LogP contribution in [0, 0.1) is 11.3 Å². The first-order valence-corrected chi connectivity index (χ1v) is 8.67. The van der Waals surface area contributed by atoms with E-state index in [1.165, 1.54) is 6.92 Å². The van der Waals surface area contributed by atoms with Crippen molar-refractivity contribution < 1.29 is 23.8 Å². The largest absolute Gasteiger partial charge is 0.497 e. The summed E-state index contributed by atoms with van der Waals surface area (Å²) in [6, 6.07) is 13.8. The Morgan fingerprint density at radius 3 is 2.21 bits per heavy atom. The van der Waals surface area contributed by atoms with Gasteiger partial charge in [-0.2, -0.15) is 5.26 Å². The number of nitriles is 1. The van der Waals surface area contributed by atoms with Crippen molar-refractivity contribution in [1.82, 2.24) is 0 Å². The molecule has 0 heterocycles. The number of nitrogens with zero attached hydrogens (tertiary/aromatic N) is 1. The number of carbonyl (C=O) groups excluding carboxylic acids is 2. The van der Waals surface area contributed by atoms with Crippen LogP contribution in [-0.4, -0.2) is 32.2 Å². The monoisotopic (exact) mass is 382 g/mol. The molecule has 0 bridgehead atoms. The molecule has 2 rings (SSSR count). The van der Waals surface area contributed by atoms with E-state index in [0.717, 1.165) is 5.56 Å². The average molecular weight is 382 g/mol. The summed E-state index contributed by atoms with van der Waals surface area (Å²) in [4.78, 5) is 24.2. The maximum Gasteiger partial charge on any atom is 0.306 e. The number of carbonyl (C=O) groups is 2. The molecule has 0 fully saturated rings. The van der Waals surface area contributed by atoms with Crippen LogP contribution in [0.1, 0.15) is 24.5 Å². The van der Waals surface area contributed by atoms with Crippen LogP contribution in [-0.2, 0) is 20.7 Å². The third kappa shape index (κ3) is 6.02. The normalized spacial score (nSPS) is 11.1. The SMILES string of the molecule is COc1cc(CCC(=O)O[C@@H](C)C(=O)Nc2ccc(C#N)cc2)cc(OC)c1. The van der Waals surface area contributed by atoms with Crippen molar-refractivity contribution in [3.8, 4) is 17.6 Å². The van der Waals surface area contributed by atoms with Gasteiger partial charge in [0.15, 0.2) is 6.10 Å². The molecule has 28 heavy (non-hydrogen) atoms. The number of nitrogens with one attached hydrogen (secondary N) is 1. The first-order chi connectivity index (χ1) is 13.4. The number of ether oxygens (including phenoxy) is 3. The number of aryl methyl sites for hydroxylation is 1. The summed E-state index contributed by atoms with van der Waals surface area (Å²) in [6.45, 7) is 1.51. The highest BCUT2D eigenvalue weighted by atomic mass is 16.5. The number of hydrogen-bond donors (Lipinski definition) is 1. The van der Waals surface area contributed by atoms with Crippen molar-refractivity contribution in [2.24, 2.45) is 0 Å². The average Bonchev–Trinajstić information content (AvgIpc) is 2.72. The minimum absolute atomic E-state index is 0.116. The van der Waals surface area contributed by atoms with Gasteiger partial charge < -0.3 is 19.5 Å². The molecule has 0 aliphatic heterocycles. The lowest BCUT2D eigenvalue weighted by Crippen LogP contribution is -2.30. The highest BCUT2D eigenvalue weighted by Gasteiger charge is 2.18. The summed E-state index contributed by atoms with van der Waals surface area (Å²) in [5.74, 6) is 0.348. The molecule has 0 saturated carbocycles. The van der Waals surface area contributed by atoms with Crippen LogP contribution in [0.15, 0.2) is 42.5 Å². The molecule has 1 atom stereocenters. The molecule has 7 heteroatoms. The lowest BCUT2D eigenvalue weighted by Gasteiger charge is -2.14. The molecule has 0 aliphatic carbocycles. The fourth-order valence-electron chi connectivity index (χ4n) is 2.44. The van der Waals surface area contributed by atoms with E-state index in [4.69, 9.17) is 19.5 Å². The lowest BCUT2D eigenvalue weighted by atomic mass is 10.1. The zero-order valence-corrected chi connectivity index (χ0v) is 16.0. The molecule has 1 amide bonds. The molecule has 2 aromatic rings. The maximum atomic E-state index is 12.2. The van der Waals surface area contributed by atoms with E-state index in [0.29, 0.717) is 29.2 Å². The Labute approximate surface area is 163 Å². The number of esters is 1. The molecular weight excluding hydrogens is 360 g/mol. The Morgan fingerprint density at radius 2 is 1.68 bits per heavy atom. The highest BCUT2D eigenvalue weighted by molar-refractivity contribution is 5.95. The maximum absolute atomic E-state index is 12.2. The molecule has 0 spiro atoms. The third-order valence-electron chi connectivity index (χ3n) is 3.99. The van der Waals surface area contributed by atoms with Gasteiger partial charge in [-0.25, -0.2) is 0 Å². The number of methoxy groups -OCH3 is 2. The predicted octanol–water partition coefficient (Wildman–Crippen LogP) is 3.08. The number of hydrogen-bond acceptors (Lipinski definition) is 6. The van der Waals surface area contributed by atoms with Crippen molar-refractivity contribution in [2.45, 2.75) is 25.9 Å². The van der Waals surface area contributed by atoms with E-state index >= 15 is 0 Å². The van der Waals surface area contributed by atoms with Crippen LogP contribution in [0.3, 0.4) is 0 Å². The molecule has 0 aromatic heterocycles. The zero-order chi connectivity index (χ0) is 20.5. The van der Waals surface area contributed by atoms with E-state index in [1.807, 2.05) is 18.2 Å². The standard InChI is InChI=1S/C21H22N2O5/c1-14(21(25)23-17-7-4-15(13-22)5-8-17)28-20(24)9-6-16-10-18(26-2)12-19(11-16)27-3/h4-5,7-8,10-12,14H,6,9H2,1-3H3,(H,23,25)/t14-/m0/s1. The van der Waals surface area contributed by atoms with Gasteiger partial charge in [-0.1, -0.05) is 0 Å². The van der Waals surface area contributed by atoms with Gasteiger partial charge in [0.25, 0.3) is 5.91 Å². The summed E-state index contributed by atoms with van der Waals surface area (Å²) in [5, 5.41) is 11.4. The minimum Gasteiger partial charge on any atom is -0.497 e. The van der Waals surface area contributed by atoms with Crippen molar-refractivity contribution in [3.63, 3.8) is 0 Å². The Balaban J connectivity index is 1.86. The van der Waals surface area contributed by atoms with Gasteiger partial charge in [-0.3, -0.25) is 9.59 Å². The van der Waals surface area contributed by atoms with Gasteiger partial charge in [-0.05, 0) is 55.3 Å². The smallest absolute Gasteiger partial charge is 0.306 e. The molecule has 0 saturated heterocycles. The molecule has 146 valence electrons. The summed E-state index contributed by atoms with van der Waals surface area (Å²) < 4.78 is 15.6. The topological polar surface area (TPSA) is 97.6 Å². The fraction of sp³-hybridized carbons (Fsp3) is 0.286. The second-order valence-electron chi connectivity index (χ2n) is 6.03. The van der Waals surface area contributed by atoms with Gasteiger partial charge in [0, 0.05) is 18.2 Å². The van der Waals surface area contributed by atoms with Gasteiger partial charge in [0.1, 0.15) is 11.5 Å². The number of rotatable bonds is 8. The highest BCUT2D eigenvalue weighted by Crippen LogP contribution is 2.23. The minimum atomic E-state index is -0.942. The van der Waals surface area contributed by atoms with Gasteiger partial charge in [-0.15, -0.1) is 0 Å². The van der Waals surface area contributed by atoms with Crippen molar-refractivity contribution >= 4 is 17.6 Å². The van der Waals surface area contributed by atoms with Crippen LogP contribution in [0.5, 0.6) is 11.5 Å². The number of anilines is 1. The molecule has 2 aromatic carbocycles. The van der Waals surface area contributed by atoms with Crippen LogP contribution >= 0.6 is 0 Å².